The highest BCUT2D eigenvalue weighted by Crippen LogP contribution is 2.35. The molecule has 0 bridgehead atoms. The normalized spacial score (nSPS) is 16.3. The van der Waals surface area contributed by atoms with Gasteiger partial charge in [-0.25, -0.2) is 9.79 Å². The molecule has 6 nitrogen and oxygen atoms in total. The van der Waals surface area contributed by atoms with Crippen LogP contribution in [0.15, 0.2) is 52.4 Å². The molecule has 1 aliphatic rings. The van der Waals surface area contributed by atoms with E-state index in [0.717, 1.165) is 22.4 Å². The Balaban J connectivity index is 1.76. The monoisotopic (exact) mass is 438 g/mol. The van der Waals surface area contributed by atoms with Gasteiger partial charge in [-0.15, -0.1) is 0 Å². The Hall–Kier alpha value is -3.06. The predicted molar refractivity (Wildman–Crippen MR) is 125 cm³/mol. The number of thioether (sulfide) groups is 1. The van der Waals surface area contributed by atoms with E-state index in [9.17, 15) is 9.59 Å². The number of rotatable bonds is 7. The topological polar surface area (TPSA) is 68.2 Å². The number of benzene rings is 2. The maximum Gasteiger partial charge on any atom is 0.344 e. The van der Waals surface area contributed by atoms with Crippen molar-refractivity contribution in [3.8, 4) is 5.75 Å². The number of ether oxygens (including phenoxy) is 2. The zero-order valence-corrected chi connectivity index (χ0v) is 19.0. The highest BCUT2D eigenvalue weighted by molar-refractivity contribution is 8.18. The Labute approximate surface area is 187 Å². The number of likely N-dealkylation sites (N-methyl/N-ethyl adjacent to an activating group) is 1. The summed E-state index contributed by atoms with van der Waals surface area (Å²) in [7, 11) is 0. The van der Waals surface area contributed by atoms with Crippen LogP contribution in [0.25, 0.3) is 6.08 Å². The van der Waals surface area contributed by atoms with E-state index in [-0.39, 0.29) is 12.5 Å². The average molecular weight is 439 g/mol. The van der Waals surface area contributed by atoms with Crippen molar-refractivity contribution < 1.29 is 19.1 Å². The van der Waals surface area contributed by atoms with E-state index in [1.165, 1.54) is 11.8 Å². The zero-order valence-electron chi connectivity index (χ0n) is 18.2. The molecular weight excluding hydrogens is 412 g/mol. The van der Waals surface area contributed by atoms with Crippen molar-refractivity contribution in [2.45, 2.75) is 27.7 Å². The third-order valence-corrected chi connectivity index (χ3v) is 5.63. The number of amides is 1. The van der Waals surface area contributed by atoms with Crippen LogP contribution < -0.4 is 4.74 Å². The molecule has 2 aromatic carbocycles. The lowest BCUT2D eigenvalue weighted by Gasteiger charge is -2.12. The lowest BCUT2D eigenvalue weighted by molar-refractivity contribution is -0.145. The molecule has 0 unspecified atom stereocenters. The number of hydrogen-bond donors (Lipinski definition) is 0. The van der Waals surface area contributed by atoms with E-state index in [4.69, 9.17) is 14.5 Å². The van der Waals surface area contributed by atoms with Crippen molar-refractivity contribution in [3.05, 3.63) is 64.1 Å². The Kier molecular flexibility index (Phi) is 7.52. The zero-order chi connectivity index (χ0) is 22.4. The molecule has 1 amide bonds. The Bertz CT molecular complexity index is 1030. The SMILES string of the molecule is CCOC(=O)COc1ccc(/C=C2/SC(=Nc3cc(C)ccc3C)N(CC)C2=O)cc1. The Morgan fingerprint density at radius 2 is 1.87 bits per heavy atom. The van der Waals surface area contributed by atoms with E-state index < -0.39 is 5.97 Å². The molecule has 0 aromatic heterocycles. The van der Waals surface area contributed by atoms with Gasteiger partial charge in [-0.05, 0) is 80.4 Å². The number of amidine groups is 1. The van der Waals surface area contributed by atoms with Crippen molar-refractivity contribution in [1.82, 2.24) is 4.90 Å². The molecule has 1 heterocycles. The third-order valence-electron chi connectivity index (χ3n) is 4.62. The molecule has 0 radical (unpaired) electrons. The number of nitrogens with zero attached hydrogens (tertiary/aromatic N) is 2. The molecule has 0 atom stereocenters. The molecule has 3 rings (SSSR count). The molecule has 162 valence electrons. The van der Waals surface area contributed by atoms with Gasteiger partial charge in [-0.2, -0.15) is 0 Å². The van der Waals surface area contributed by atoms with Crippen LogP contribution in [0.3, 0.4) is 0 Å². The summed E-state index contributed by atoms with van der Waals surface area (Å²) < 4.78 is 10.3. The van der Waals surface area contributed by atoms with Crippen molar-refractivity contribution in [3.63, 3.8) is 0 Å². The number of hydrogen-bond acceptors (Lipinski definition) is 6. The molecule has 1 aliphatic heterocycles. The molecule has 7 heteroatoms. The summed E-state index contributed by atoms with van der Waals surface area (Å²) in [5.74, 6) is 0.101. The van der Waals surface area contributed by atoms with Crippen molar-refractivity contribution in [2.24, 2.45) is 4.99 Å². The molecule has 0 aliphatic carbocycles. The van der Waals surface area contributed by atoms with Gasteiger partial charge in [0.05, 0.1) is 17.2 Å². The number of aryl methyl sites for hydroxylation is 2. The van der Waals surface area contributed by atoms with Crippen LogP contribution in [0.5, 0.6) is 5.75 Å². The molecule has 31 heavy (non-hydrogen) atoms. The molecular formula is C24H26N2O4S. The fraction of sp³-hybridized carbons (Fsp3) is 0.292. The van der Waals surface area contributed by atoms with Crippen molar-refractivity contribution >= 4 is 40.6 Å². The Morgan fingerprint density at radius 1 is 1.13 bits per heavy atom. The number of carbonyl (C=O) groups excluding carboxylic acids is 2. The number of carbonyl (C=O) groups is 2. The van der Waals surface area contributed by atoms with Gasteiger partial charge >= 0.3 is 5.97 Å². The van der Waals surface area contributed by atoms with Gasteiger partial charge < -0.3 is 9.47 Å². The van der Waals surface area contributed by atoms with Crippen LogP contribution >= 0.6 is 11.8 Å². The first-order chi connectivity index (χ1) is 14.9. The second kappa shape index (κ2) is 10.3. The van der Waals surface area contributed by atoms with E-state index in [1.807, 2.05) is 51.1 Å². The van der Waals surface area contributed by atoms with Crippen molar-refractivity contribution in [1.29, 1.82) is 0 Å². The molecule has 2 aromatic rings. The Morgan fingerprint density at radius 3 is 2.55 bits per heavy atom. The van der Waals surface area contributed by atoms with Gasteiger partial charge in [0.25, 0.3) is 5.91 Å². The van der Waals surface area contributed by atoms with E-state index in [0.29, 0.717) is 29.0 Å². The minimum absolute atomic E-state index is 0.0563. The summed E-state index contributed by atoms with van der Waals surface area (Å²) in [5.41, 5.74) is 3.93. The standard InChI is InChI=1S/C24H26N2O4S/c1-5-26-23(28)21(31-24(26)25-20-13-16(3)7-8-17(20)4)14-18-9-11-19(12-10-18)30-15-22(27)29-6-2/h7-14H,5-6,15H2,1-4H3/b21-14+,25-24?. The second-order valence-corrected chi connectivity index (χ2v) is 8.02. The summed E-state index contributed by atoms with van der Waals surface area (Å²) in [6, 6.07) is 13.3. The average Bonchev–Trinajstić information content (AvgIpc) is 3.04. The quantitative estimate of drug-likeness (QED) is 0.456. The van der Waals surface area contributed by atoms with Crippen molar-refractivity contribution in [2.75, 3.05) is 19.8 Å². The van der Waals surface area contributed by atoms with E-state index >= 15 is 0 Å². The van der Waals surface area contributed by atoms with Gasteiger partial charge in [0.1, 0.15) is 5.75 Å². The minimum Gasteiger partial charge on any atom is -0.482 e. The van der Waals surface area contributed by atoms with Gasteiger partial charge in [-0.3, -0.25) is 9.69 Å². The van der Waals surface area contributed by atoms with Crippen LogP contribution in [0.1, 0.15) is 30.5 Å². The first kappa shape index (κ1) is 22.6. The van der Waals surface area contributed by atoms with E-state index in [1.54, 1.807) is 24.0 Å². The number of esters is 1. The predicted octanol–water partition coefficient (Wildman–Crippen LogP) is 4.87. The molecule has 1 fully saturated rings. The summed E-state index contributed by atoms with van der Waals surface area (Å²) in [6.07, 6.45) is 1.84. The molecule has 0 N–H and O–H groups in total. The molecule has 1 saturated heterocycles. The van der Waals surface area contributed by atoms with Crippen LogP contribution in [0.2, 0.25) is 0 Å². The first-order valence-corrected chi connectivity index (χ1v) is 11.0. The van der Waals surface area contributed by atoms with Gasteiger partial charge in [0, 0.05) is 6.54 Å². The molecule has 0 saturated carbocycles. The fourth-order valence-electron chi connectivity index (χ4n) is 2.97. The summed E-state index contributed by atoms with van der Waals surface area (Å²) in [4.78, 5) is 31.3. The van der Waals surface area contributed by atoms with Gasteiger partial charge in [0.15, 0.2) is 11.8 Å². The first-order valence-electron chi connectivity index (χ1n) is 10.2. The summed E-state index contributed by atoms with van der Waals surface area (Å²) in [6.45, 7) is 8.47. The summed E-state index contributed by atoms with van der Waals surface area (Å²) in [5, 5.41) is 0.682. The lowest BCUT2D eigenvalue weighted by Crippen LogP contribution is -2.28. The smallest absolute Gasteiger partial charge is 0.344 e. The third kappa shape index (κ3) is 5.76. The van der Waals surface area contributed by atoms with Gasteiger partial charge in [-0.1, -0.05) is 24.3 Å². The minimum atomic E-state index is -0.406. The summed E-state index contributed by atoms with van der Waals surface area (Å²) >= 11 is 1.37. The van der Waals surface area contributed by atoms with Crippen LogP contribution in [-0.4, -0.2) is 41.7 Å². The van der Waals surface area contributed by atoms with Gasteiger partial charge in [0.2, 0.25) is 0 Å². The molecule has 0 spiro atoms. The second-order valence-electron chi connectivity index (χ2n) is 7.01. The largest absolute Gasteiger partial charge is 0.482 e. The highest BCUT2D eigenvalue weighted by atomic mass is 32.2. The highest BCUT2D eigenvalue weighted by Gasteiger charge is 2.32. The van der Waals surface area contributed by atoms with Crippen LogP contribution in [0, 0.1) is 13.8 Å². The van der Waals surface area contributed by atoms with Crippen LogP contribution in [-0.2, 0) is 14.3 Å². The van der Waals surface area contributed by atoms with E-state index in [2.05, 4.69) is 6.07 Å². The number of aliphatic imine (C=N–C) groups is 1. The fourth-order valence-corrected chi connectivity index (χ4v) is 4.03. The maximum atomic E-state index is 12.9. The van der Waals surface area contributed by atoms with Crippen LogP contribution in [0.4, 0.5) is 5.69 Å². The lowest BCUT2D eigenvalue weighted by atomic mass is 10.1. The maximum absolute atomic E-state index is 12.9.